The predicted molar refractivity (Wildman–Crippen MR) is 330 cm³/mol. The van der Waals surface area contributed by atoms with Crippen LogP contribution in [0.2, 0.25) is 0 Å². The summed E-state index contributed by atoms with van der Waals surface area (Å²) < 4.78 is 46.5. The number of nitrogens with two attached hydrogens (primary N) is 1. The molecule has 510 valence electrons. The first-order chi connectivity index (χ1) is 40.6. The van der Waals surface area contributed by atoms with Crippen molar-refractivity contribution in [3.63, 3.8) is 0 Å². The zero-order valence-electron chi connectivity index (χ0n) is 56.1. The van der Waals surface area contributed by atoms with E-state index in [0.29, 0.717) is 57.5 Å². The molecule has 7 amide bonds. The number of carboxylic acid groups (broad SMARTS) is 1. The van der Waals surface area contributed by atoms with Gasteiger partial charge >= 0.3 is 42.3 Å². The third kappa shape index (κ3) is 33.4. The van der Waals surface area contributed by atoms with E-state index in [0.717, 1.165) is 31.6 Å². The van der Waals surface area contributed by atoms with E-state index in [2.05, 4.69) is 26.6 Å². The quantitative estimate of drug-likeness (QED) is 0.0286. The molecule has 0 radical (unpaired) electrons. The van der Waals surface area contributed by atoms with E-state index in [-0.39, 0.29) is 88.8 Å². The number of nitrogens with zero attached hydrogens (tertiary/aromatic N) is 2. The second-order valence-electron chi connectivity index (χ2n) is 27.1. The maximum Gasteiger partial charge on any atom is 0.408 e. The number of unbranched alkanes of at least 4 members (excludes halogenated alkanes) is 2. The minimum absolute atomic E-state index is 0. The SMILES string of the molecule is C.COC(=O)C1(NC(=O)OC(C)(C)C)CCN(C(=O)[C@@H](CCCCNC(=O)OC(C)(C)C)NC(=O)[C@H](C)CC2CC2)CC1.COC(=O)C1(NC(=O)OC(C)(C)C)CCN(C(=O)[C@H](N)CCCCNC(=O)OC(C)(C)C)CC1.C[C@H](CC1CC1)C(=O)O.[2H]CF. The Kier molecular flexibility index (Phi) is 34.2. The second-order valence-corrected chi connectivity index (χ2v) is 27.1. The Bertz CT molecular complexity index is 2250. The van der Waals surface area contributed by atoms with Crippen molar-refractivity contribution in [2.45, 2.75) is 253 Å². The van der Waals surface area contributed by atoms with Gasteiger partial charge in [0.25, 0.3) is 0 Å². The van der Waals surface area contributed by atoms with Crippen molar-refractivity contribution < 1.29 is 87.2 Å². The smallest absolute Gasteiger partial charge is 0.408 e. The fourth-order valence-electron chi connectivity index (χ4n) is 9.40. The predicted octanol–water partition coefficient (Wildman–Crippen LogP) is 8.46. The highest BCUT2D eigenvalue weighted by molar-refractivity contribution is 5.90. The summed E-state index contributed by atoms with van der Waals surface area (Å²) in [5.74, 6) is -1.45. The molecule has 4 atom stereocenters. The molecule has 26 heteroatoms. The summed E-state index contributed by atoms with van der Waals surface area (Å²) in [6, 6.07) is -1.43. The lowest BCUT2D eigenvalue weighted by atomic mass is 9.87. The highest BCUT2D eigenvalue weighted by atomic mass is 19.1. The van der Waals surface area contributed by atoms with Crippen LogP contribution < -0.4 is 32.3 Å². The molecule has 4 fully saturated rings. The number of hydrogen-bond donors (Lipinski definition) is 7. The Morgan fingerprint density at radius 3 is 1.23 bits per heavy atom. The van der Waals surface area contributed by atoms with Crippen LogP contribution in [0.3, 0.4) is 0 Å². The molecule has 0 aromatic heterocycles. The van der Waals surface area contributed by atoms with Gasteiger partial charge in [-0.25, -0.2) is 28.8 Å². The first kappa shape index (κ1) is 79.8. The van der Waals surface area contributed by atoms with E-state index in [1.54, 1.807) is 99.8 Å². The molecule has 4 aliphatic rings. The van der Waals surface area contributed by atoms with Gasteiger partial charge in [-0.1, -0.05) is 47.0 Å². The summed E-state index contributed by atoms with van der Waals surface area (Å²) >= 11 is 0. The number of carbonyl (C=O) groups is 10. The Morgan fingerprint density at radius 2 is 0.898 bits per heavy atom. The highest BCUT2D eigenvalue weighted by Crippen LogP contribution is 2.36. The number of aliphatic carboxylic acids is 1. The number of esters is 2. The number of methoxy groups -OCH3 is 2. The van der Waals surface area contributed by atoms with Gasteiger partial charge < -0.3 is 75.6 Å². The van der Waals surface area contributed by atoms with Crippen molar-refractivity contribution in [2.24, 2.45) is 29.4 Å². The summed E-state index contributed by atoms with van der Waals surface area (Å²) in [5.41, 5.74) is 0.904. The molecule has 88 heavy (non-hydrogen) atoms. The minimum atomic E-state index is -1.32. The third-order valence-corrected chi connectivity index (χ3v) is 14.3. The van der Waals surface area contributed by atoms with Crippen molar-refractivity contribution in [1.82, 2.24) is 36.4 Å². The van der Waals surface area contributed by atoms with E-state index >= 15 is 0 Å². The zero-order valence-corrected chi connectivity index (χ0v) is 55.1. The lowest BCUT2D eigenvalue weighted by molar-refractivity contribution is -0.153. The Balaban J connectivity index is 0.00000147. The lowest BCUT2D eigenvalue weighted by Gasteiger charge is -2.41. The molecular formula is C62H113FN8O17. The van der Waals surface area contributed by atoms with Gasteiger partial charge in [-0.15, -0.1) is 0 Å². The summed E-state index contributed by atoms with van der Waals surface area (Å²) in [6.45, 7) is 26.5. The van der Waals surface area contributed by atoms with Gasteiger partial charge in [-0.3, -0.25) is 23.6 Å². The van der Waals surface area contributed by atoms with Crippen LogP contribution in [0.25, 0.3) is 0 Å². The fraction of sp³-hybridized carbons (Fsp3) is 0.839. The molecule has 0 bridgehead atoms. The summed E-state index contributed by atoms with van der Waals surface area (Å²) in [4.78, 5) is 127. The Morgan fingerprint density at radius 1 is 0.568 bits per heavy atom. The number of hydrogen-bond acceptors (Lipinski definition) is 17. The number of carbonyl (C=O) groups excluding carboxylic acids is 9. The number of piperidine rings is 2. The van der Waals surface area contributed by atoms with Crippen LogP contribution in [0.4, 0.5) is 23.6 Å². The summed E-state index contributed by atoms with van der Waals surface area (Å²) in [5, 5.41) is 22.1. The fourth-order valence-corrected chi connectivity index (χ4v) is 9.40. The van der Waals surface area contributed by atoms with Gasteiger partial charge in [0.05, 0.1) is 34.7 Å². The second kappa shape index (κ2) is 37.7. The molecule has 2 aliphatic carbocycles. The molecule has 0 unspecified atom stereocenters. The first-order valence-electron chi connectivity index (χ1n) is 31.2. The number of alkyl halides is 1. The number of halogens is 1. The van der Waals surface area contributed by atoms with E-state index < -0.39 is 95.0 Å². The monoisotopic (exact) mass is 1260 g/mol. The first-order valence-corrected chi connectivity index (χ1v) is 30.5. The molecule has 2 saturated carbocycles. The molecule has 2 saturated heterocycles. The molecule has 4 rings (SSSR count). The van der Waals surface area contributed by atoms with Crippen molar-refractivity contribution in [3.8, 4) is 0 Å². The molecule has 0 spiro atoms. The van der Waals surface area contributed by atoms with Crippen LogP contribution >= 0.6 is 0 Å². The standard InChI is InChI=1S/C30H52N4O8.C23H42N4O7.C7H12O2.CH3F.CH4/c1-20(19-21-12-13-21)23(35)32-22(11-9-10-16-31-26(38)41-28(2,3)4)24(36)34-17-14-30(15-18-34,25(37)40-8)33-27(39)42-29(5,6)7;1-21(2,3)33-19(30)25-13-9-8-10-16(24)17(28)27-14-11-23(12-15-27,18(29)32-7)26-20(31)34-22(4,5)6;1-5(7(8)9)4-6-2-3-6;1-2;/h20-22H,9-19H2,1-8H3,(H,31,38)(H,32,35)(H,33,39);16H,8-15,24H2,1-7H3,(H,25,30)(H,26,31);5-6H,2-4H2,1H3,(H,8,9);1H3;1H4/t20-,22-;16-;5-;;/m111../s1/i;;;1D;. The molecule has 0 aromatic carbocycles. The lowest BCUT2D eigenvalue weighted by Crippen LogP contribution is -2.62. The summed E-state index contributed by atoms with van der Waals surface area (Å²) in [6.07, 6.45) is 8.05. The van der Waals surface area contributed by atoms with Crippen molar-refractivity contribution in [2.75, 3.05) is 60.6 Å². The number of nitrogens with one attached hydrogen (secondary N) is 5. The van der Waals surface area contributed by atoms with Crippen LogP contribution in [0, 0.1) is 23.7 Å². The van der Waals surface area contributed by atoms with Crippen molar-refractivity contribution >= 4 is 60.0 Å². The van der Waals surface area contributed by atoms with Crippen LogP contribution in [0.1, 0.15) is 208 Å². The normalized spacial score (nSPS) is 17.6. The Labute approximate surface area is 524 Å². The maximum atomic E-state index is 13.7. The maximum absolute atomic E-state index is 13.7. The molecule has 25 nitrogen and oxygen atoms in total. The van der Waals surface area contributed by atoms with Gasteiger partial charge in [-0.2, -0.15) is 0 Å². The highest BCUT2D eigenvalue weighted by Gasteiger charge is 2.48. The van der Waals surface area contributed by atoms with Crippen LogP contribution in [0.15, 0.2) is 0 Å². The average molecular weight is 1260 g/mol. The molecule has 2 aliphatic heterocycles. The van der Waals surface area contributed by atoms with E-state index in [1.807, 2.05) is 6.92 Å². The number of amides is 7. The van der Waals surface area contributed by atoms with E-state index in [4.69, 9.17) is 40.6 Å². The average Bonchev–Trinajstić information content (AvgIpc) is 2.54. The van der Waals surface area contributed by atoms with Gasteiger partial charge in [0.15, 0.2) is 0 Å². The van der Waals surface area contributed by atoms with Crippen molar-refractivity contribution in [3.05, 3.63) is 0 Å². The Hall–Kier alpha value is -6.21. The molecule has 2 heterocycles. The largest absolute Gasteiger partial charge is 0.481 e. The van der Waals surface area contributed by atoms with Crippen molar-refractivity contribution in [1.29, 1.82) is 0 Å². The van der Waals surface area contributed by atoms with Gasteiger partial charge in [0.1, 0.15) is 39.5 Å². The minimum Gasteiger partial charge on any atom is -0.481 e. The van der Waals surface area contributed by atoms with Crippen LogP contribution in [0.5, 0.6) is 0 Å². The molecule has 0 aromatic rings. The molecule has 8 N–H and O–H groups in total. The summed E-state index contributed by atoms with van der Waals surface area (Å²) in [7, 11) is 1.51. The van der Waals surface area contributed by atoms with Gasteiger partial charge in [0.2, 0.25) is 17.7 Å². The van der Waals surface area contributed by atoms with Gasteiger partial charge in [-0.05, 0) is 172 Å². The third-order valence-electron chi connectivity index (χ3n) is 14.3. The zero-order chi connectivity index (χ0) is 67.4. The number of alkyl carbamates (subject to hydrolysis) is 4. The van der Waals surface area contributed by atoms with Crippen LogP contribution in [-0.2, 0) is 57.2 Å². The van der Waals surface area contributed by atoms with Crippen LogP contribution in [-0.4, -0.2) is 181 Å². The van der Waals surface area contributed by atoms with E-state index in [9.17, 15) is 52.3 Å². The number of carboxylic acids is 1. The number of likely N-dealkylation sites (tertiary alicyclic amines) is 2. The van der Waals surface area contributed by atoms with Gasteiger partial charge in [0, 0.05) is 45.2 Å². The topological polar surface area (TPSA) is 339 Å². The molecular weight excluding hydrogens is 1150 g/mol. The number of rotatable bonds is 23. The number of ether oxygens (including phenoxy) is 6. The van der Waals surface area contributed by atoms with E-state index in [1.165, 1.54) is 27.1 Å².